The van der Waals surface area contributed by atoms with E-state index in [0.29, 0.717) is 6.54 Å². The Labute approximate surface area is 118 Å². The molecule has 0 saturated heterocycles. The first kappa shape index (κ1) is 13.5. The predicted octanol–water partition coefficient (Wildman–Crippen LogP) is 0.773. The smallest absolute Gasteiger partial charge is 0.225 e. The van der Waals surface area contributed by atoms with Crippen LogP contribution in [0.3, 0.4) is 0 Å². The molecule has 2 aliphatic rings. The van der Waals surface area contributed by atoms with E-state index in [1.807, 2.05) is 4.68 Å². The molecule has 6 heteroatoms. The highest BCUT2D eigenvalue weighted by atomic mass is 16.5. The zero-order chi connectivity index (χ0) is 14.0. The molecule has 1 aliphatic carbocycles. The summed E-state index contributed by atoms with van der Waals surface area (Å²) in [6.07, 6.45) is 6.81. The molecule has 0 radical (unpaired) electrons. The number of hydrogen-bond donors (Lipinski definition) is 1. The van der Waals surface area contributed by atoms with Gasteiger partial charge in [0.25, 0.3) is 0 Å². The monoisotopic (exact) mass is 278 g/mol. The fraction of sp³-hybridized carbons (Fsp3) is 0.786. The van der Waals surface area contributed by atoms with Crippen LogP contribution in [0.15, 0.2) is 6.33 Å². The van der Waals surface area contributed by atoms with E-state index in [9.17, 15) is 4.79 Å². The van der Waals surface area contributed by atoms with Gasteiger partial charge in [-0.1, -0.05) is 6.42 Å². The maximum absolute atomic E-state index is 12.3. The van der Waals surface area contributed by atoms with Gasteiger partial charge in [-0.2, -0.15) is 5.10 Å². The Kier molecular flexibility index (Phi) is 3.74. The molecule has 1 saturated carbocycles. The van der Waals surface area contributed by atoms with Crippen LogP contribution in [-0.2, 0) is 22.5 Å². The van der Waals surface area contributed by atoms with E-state index >= 15 is 0 Å². The first-order valence-corrected chi connectivity index (χ1v) is 7.36. The van der Waals surface area contributed by atoms with E-state index in [2.05, 4.69) is 15.4 Å². The fourth-order valence-corrected chi connectivity index (χ4v) is 3.23. The molecule has 1 fully saturated rings. The van der Waals surface area contributed by atoms with Crippen LogP contribution in [0.25, 0.3) is 0 Å². The van der Waals surface area contributed by atoms with Gasteiger partial charge in [-0.05, 0) is 19.3 Å². The van der Waals surface area contributed by atoms with Gasteiger partial charge < -0.3 is 10.1 Å². The van der Waals surface area contributed by atoms with E-state index in [1.165, 1.54) is 6.42 Å². The van der Waals surface area contributed by atoms with Crippen molar-refractivity contribution in [3.8, 4) is 0 Å². The van der Waals surface area contributed by atoms with E-state index in [4.69, 9.17) is 4.74 Å². The van der Waals surface area contributed by atoms with Gasteiger partial charge >= 0.3 is 0 Å². The van der Waals surface area contributed by atoms with Crippen molar-refractivity contribution in [1.82, 2.24) is 20.1 Å². The number of fused-ring (bicyclic) bond motifs is 1. The van der Waals surface area contributed by atoms with E-state index in [-0.39, 0.29) is 17.2 Å². The Balaban J connectivity index is 1.53. The number of aromatic nitrogens is 3. The molecule has 3 rings (SSSR count). The number of carbonyl (C=O) groups excluding carboxylic acids is 1. The summed E-state index contributed by atoms with van der Waals surface area (Å²) >= 11 is 0. The molecule has 6 nitrogen and oxygen atoms in total. The number of ether oxygens (including phenoxy) is 1. The van der Waals surface area contributed by atoms with Crippen LogP contribution in [0.5, 0.6) is 0 Å². The molecule has 2 heterocycles. The van der Waals surface area contributed by atoms with Crippen molar-refractivity contribution in [2.45, 2.75) is 38.6 Å². The maximum Gasteiger partial charge on any atom is 0.225 e. The van der Waals surface area contributed by atoms with E-state index in [0.717, 1.165) is 44.7 Å². The molecule has 20 heavy (non-hydrogen) atoms. The zero-order valence-electron chi connectivity index (χ0n) is 12.0. The molecule has 1 aromatic rings. The molecule has 1 amide bonds. The molecule has 1 aliphatic heterocycles. The van der Waals surface area contributed by atoms with Gasteiger partial charge in [0.05, 0.1) is 19.1 Å². The van der Waals surface area contributed by atoms with Crippen LogP contribution >= 0.6 is 0 Å². The Morgan fingerprint density at radius 1 is 1.60 bits per heavy atom. The lowest BCUT2D eigenvalue weighted by Gasteiger charge is -2.41. The van der Waals surface area contributed by atoms with Gasteiger partial charge in [0.2, 0.25) is 5.91 Å². The van der Waals surface area contributed by atoms with Crippen LogP contribution < -0.4 is 5.32 Å². The second kappa shape index (κ2) is 5.52. The average molecular weight is 278 g/mol. The van der Waals surface area contributed by atoms with Crippen LogP contribution in [0.2, 0.25) is 0 Å². The molecule has 1 N–H and O–H groups in total. The van der Waals surface area contributed by atoms with Gasteiger partial charge in [-0.3, -0.25) is 4.79 Å². The first-order valence-electron chi connectivity index (χ1n) is 7.36. The second-order valence-corrected chi connectivity index (χ2v) is 6.10. The molecular weight excluding hydrogens is 256 g/mol. The van der Waals surface area contributed by atoms with Crippen LogP contribution in [0.1, 0.15) is 31.5 Å². The first-order chi connectivity index (χ1) is 9.72. The highest BCUT2D eigenvalue weighted by molar-refractivity contribution is 5.78. The van der Waals surface area contributed by atoms with Crippen molar-refractivity contribution >= 4 is 5.91 Å². The van der Waals surface area contributed by atoms with Crippen molar-refractivity contribution in [2.75, 3.05) is 20.3 Å². The number of rotatable bonds is 5. The predicted molar refractivity (Wildman–Crippen MR) is 73.0 cm³/mol. The Hall–Kier alpha value is -1.43. The minimum absolute atomic E-state index is 0.0175. The summed E-state index contributed by atoms with van der Waals surface area (Å²) in [5, 5.41) is 7.28. The summed E-state index contributed by atoms with van der Waals surface area (Å²) in [6.45, 7) is 2.13. The Morgan fingerprint density at radius 3 is 3.15 bits per heavy atom. The quantitative estimate of drug-likeness (QED) is 0.864. The van der Waals surface area contributed by atoms with Crippen molar-refractivity contribution in [2.24, 2.45) is 11.3 Å². The summed E-state index contributed by atoms with van der Waals surface area (Å²) in [6, 6.07) is 0. The summed E-state index contributed by atoms with van der Waals surface area (Å²) in [5.74, 6) is 1.15. The molecule has 1 unspecified atom stereocenters. The largest absolute Gasteiger partial charge is 0.384 e. The molecular formula is C14H22N4O2. The fourth-order valence-electron chi connectivity index (χ4n) is 3.23. The lowest BCUT2D eigenvalue weighted by atomic mass is 9.69. The topological polar surface area (TPSA) is 69.0 Å². The van der Waals surface area contributed by atoms with Gasteiger partial charge in [0.15, 0.2) is 0 Å². The lowest BCUT2D eigenvalue weighted by molar-refractivity contribution is -0.127. The maximum atomic E-state index is 12.3. The highest BCUT2D eigenvalue weighted by Crippen LogP contribution is 2.40. The third-order valence-corrected chi connectivity index (χ3v) is 4.68. The molecule has 110 valence electrons. The number of aryl methyl sites for hydroxylation is 1. The number of nitrogens with one attached hydrogen (secondary N) is 1. The second-order valence-electron chi connectivity index (χ2n) is 6.10. The minimum atomic E-state index is 0.0175. The summed E-state index contributed by atoms with van der Waals surface area (Å²) in [4.78, 5) is 16.5. The van der Waals surface area contributed by atoms with Crippen LogP contribution in [0, 0.1) is 11.3 Å². The molecule has 1 aromatic heterocycles. The van der Waals surface area contributed by atoms with Crippen molar-refractivity contribution < 1.29 is 9.53 Å². The number of hydrogen-bond acceptors (Lipinski definition) is 4. The summed E-state index contributed by atoms with van der Waals surface area (Å²) in [7, 11) is 1.73. The Bertz CT molecular complexity index is 481. The van der Waals surface area contributed by atoms with Gasteiger partial charge in [-0.25, -0.2) is 9.67 Å². The third kappa shape index (κ3) is 2.57. The van der Waals surface area contributed by atoms with Crippen LogP contribution in [0.4, 0.5) is 0 Å². The number of carbonyl (C=O) groups is 1. The van der Waals surface area contributed by atoms with Crippen molar-refractivity contribution in [3.05, 3.63) is 12.2 Å². The van der Waals surface area contributed by atoms with E-state index < -0.39 is 0 Å². The third-order valence-electron chi connectivity index (χ3n) is 4.68. The van der Waals surface area contributed by atoms with Crippen molar-refractivity contribution in [3.63, 3.8) is 0 Å². The Morgan fingerprint density at radius 2 is 2.45 bits per heavy atom. The number of methoxy groups -OCH3 is 1. The zero-order valence-corrected chi connectivity index (χ0v) is 12.0. The van der Waals surface area contributed by atoms with Crippen LogP contribution in [-0.4, -0.2) is 40.9 Å². The van der Waals surface area contributed by atoms with Crippen molar-refractivity contribution in [1.29, 1.82) is 0 Å². The number of nitrogens with zero attached hydrogens (tertiary/aromatic N) is 3. The standard InChI is InChI=1S/C14H22N4O2/c1-20-9-14(5-2-6-14)8-15-13(19)11-3-4-12-16-10-17-18(12)7-11/h10-11H,2-9H2,1H3,(H,15,19). The van der Waals surface area contributed by atoms with E-state index in [1.54, 1.807) is 13.4 Å². The molecule has 1 atom stereocenters. The van der Waals surface area contributed by atoms with Gasteiger partial charge in [-0.15, -0.1) is 0 Å². The summed E-state index contributed by atoms with van der Waals surface area (Å²) in [5.41, 5.74) is 0.178. The average Bonchev–Trinajstić information content (AvgIpc) is 2.88. The normalized spacial score (nSPS) is 23.8. The molecule has 0 bridgehead atoms. The van der Waals surface area contributed by atoms with Gasteiger partial charge in [0, 0.05) is 25.5 Å². The molecule has 0 aromatic carbocycles. The number of amides is 1. The lowest BCUT2D eigenvalue weighted by Crippen LogP contribution is -2.47. The SMILES string of the molecule is COCC1(CNC(=O)C2CCc3ncnn3C2)CCC1. The van der Waals surface area contributed by atoms with Gasteiger partial charge in [0.1, 0.15) is 12.2 Å². The summed E-state index contributed by atoms with van der Waals surface area (Å²) < 4.78 is 7.14. The highest BCUT2D eigenvalue weighted by Gasteiger charge is 2.38. The minimum Gasteiger partial charge on any atom is -0.384 e. The molecule has 0 spiro atoms.